The fraction of sp³-hybridized carbons (Fsp3) is 0.423. The first-order valence-electron chi connectivity index (χ1n) is 10.9. The molecular formula is C26H33F2IO5S. The van der Waals surface area contributed by atoms with E-state index in [0.717, 1.165) is 11.1 Å². The minimum atomic E-state index is -5.42. The molecule has 0 amide bonds. The zero-order valence-corrected chi connectivity index (χ0v) is 24.1. The minimum absolute atomic E-state index is 0.120. The summed E-state index contributed by atoms with van der Waals surface area (Å²) >= 11 is -3.35. The first-order chi connectivity index (χ1) is 15.8. The van der Waals surface area contributed by atoms with Crippen molar-refractivity contribution < 1.29 is 29.2 Å². The summed E-state index contributed by atoms with van der Waals surface area (Å²) in [6, 6.07) is 14.3. The van der Waals surface area contributed by atoms with Crippen molar-refractivity contribution in [2.75, 3.05) is 6.61 Å². The Morgan fingerprint density at radius 3 is 1.54 bits per heavy atom. The van der Waals surface area contributed by atoms with Crippen molar-refractivity contribution in [3.63, 3.8) is 0 Å². The summed E-state index contributed by atoms with van der Waals surface area (Å²) in [4.78, 5) is 11.5. The van der Waals surface area contributed by atoms with Gasteiger partial charge in [-0.3, -0.25) is 0 Å². The fourth-order valence-electron chi connectivity index (χ4n) is 2.80. The van der Waals surface area contributed by atoms with E-state index in [2.05, 4.69) is 11.3 Å². The normalized spacial score (nSPS) is 13.3. The zero-order chi connectivity index (χ0) is 26.8. The summed E-state index contributed by atoms with van der Waals surface area (Å²) in [6.45, 7) is 15.2. The van der Waals surface area contributed by atoms with Gasteiger partial charge in [-0.15, -0.1) is 0 Å². The molecular weight excluding hydrogens is 589 g/mol. The third-order valence-corrected chi connectivity index (χ3v) is 12.4. The molecule has 0 unspecified atom stereocenters. The van der Waals surface area contributed by atoms with Crippen LogP contribution in [0.1, 0.15) is 59.6 Å². The van der Waals surface area contributed by atoms with E-state index in [4.69, 9.17) is 2.51 Å². The van der Waals surface area contributed by atoms with E-state index in [1.807, 2.05) is 65.8 Å². The van der Waals surface area contributed by atoms with Gasteiger partial charge in [0, 0.05) is 0 Å². The van der Waals surface area contributed by atoms with Gasteiger partial charge in [0.25, 0.3) is 0 Å². The number of carbonyl (C=O) groups excluding carboxylic acids is 1. The Morgan fingerprint density at radius 2 is 1.23 bits per heavy atom. The Bertz CT molecular complexity index is 1100. The first-order valence-corrected chi connectivity index (χ1v) is 15.4. The molecule has 0 spiro atoms. The Hall–Kier alpha value is -1.85. The average Bonchev–Trinajstić information content (AvgIpc) is 2.74. The summed E-state index contributed by atoms with van der Waals surface area (Å²) in [6.07, 6.45) is 0. The van der Waals surface area contributed by atoms with Gasteiger partial charge in [0.15, 0.2) is 0 Å². The number of hydrogen-bond acceptors (Lipinski definition) is 5. The molecule has 0 radical (unpaired) electrons. The van der Waals surface area contributed by atoms with Crippen LogP contribution in [0, 0.1) is 7.14 Å². The van der Waals surface area contributed by atoms with E-state index >= 15 is 0 Å². The number of carbonyl (C=O) groups is 1. The molecule has 2 aromatic carbocycles. The van der Waals surface area contributed by atoms with Gasteiger partial charge >= 0.3 is 216 Å². The summed E-state index contributed by atoms with van der Waals surface area (Å²) in [5, 5.41) is -4.43. The molecule has 2 rings (SSSR count). The Labute approximate surface area is 215 Å². The standard InChI is InChI=1S/C26H33F2IO5S/c1-18(2)23(30)33-17-26(27,28)35(31,32)34-29(21-13-9-19(10-14-21)24(3,4)5)22-15-11-20(12-16-22)25(6,7)8/h9-16H,1,17H2,2-8H3. The van der Waals surface area contributed by atoms with Crippen molar-refractivity contribution >= 4 is 36.3 Å². The number of hydrogen-bond donors (Lipinski definition) is 0. The first kappa shape index (κ1) is 29.4. The monoisotopic (exact) mass is 622 g/mol. The second kappa shape index (κ2) is 10.6. The number of alkyl halides is 2. The molecule has 2 aromatic rings. The maximum absolute atomic E-state index is 14.7. The van der Waals surface area contributed by atoms with Gasteiger partial charge in [0.2, 0.25) is 0 Å². The van der Waals surface area contributed by atoms with Crippen LogP contribution in [0.15, 0.2) is 60.7 Å². The van der Waals surface area contributed by atoms with E-state index in [0.29, 0.717) is 7.14 Å². The molecule has 0 N–H and O–H groups in total. The van der Waals surface area contributed by atoms with Crippen LogP contribution in [-0.4, -0.2) is 26.2 Å². The average molecular weight is 623 g/mol. The predicted octanol–water partition coefficient (Wildman–Crippen LogP) is 6.80. The Balaban J connectivity index is 2.47. The number of benzene rings is 2. The van der Waals surface area contributed by atoms with Crippen LogP contribution in [0.4, 0.5) is 8.78 Å². The van der Waals surface area contributed by atoms with Crippen molar-refractivity contribution in [3.8, 4) is 0 Å². The molecule has 0 bridgehead atoms. The van der Waals surface area contributed by atoms with Crippen LogP contribution in [0.2, 0.25) is 0 Å². The van der Waals surface area contributed by atoms with Gasteiger partial charge < -0.3 is 0 Å². The van der Waals surface area contributed by atoms with Crippen molar-refractivity contribution in [2.45, 2.75) is 64.6 Å². The fourth-order valence-corrected chi connectivity index (χ4v) is 9.61. The summed E-state index contributed by atoms with van der Waals surface area (Å²) in [5.41, 5.74) is 1.63. The predicted molar refractivity (Wildman–Crippen MR) is 142 cm³/mol. The quantitative estimate of drug-likeness (QED) is 0.184. The topological polar surface area (TPSA) is 69.7 Å². The third-order valence-electron chi connectivity index (χ3n) is 5.05. The molecule has 0 atom stereocenters. The molecule has 0 heterocycles. The van der Waals surface area contributed by atoms with E-state index in [1.165, 1.54) is 6.92 Å². The second-order valence-electron chi connectivity index (χ2n) is 10.3. The van der Waals surface area contributed by atoms with Crippen molar-refractivity contribution in [1.29, 1.82) is 0 Å². The molecule has 0 aromatic heterocycles. The number of ether oxygens (including phenoxy) is 1. The second-order valence-corrected chi connectivity index (χ2v) is 16.9. The third kappa shape index (κ3) is 7.57. The number of esters is 1. The molecule has 0 aliphatic heterocycles. The number of rotatable bonds is 8. The van der Waals surface area contributed by atoms with Crippen molar-refractivity contribution in [3.05, 3.63) is 79.0 Å². The summed E-state index contributed by atoms with van der Waals surface area (Å²) in [7, 11) is -5.42. The molecule has 0 fully saturated rings. The number of halogens is 3. The molecule has 35 heavy (non-hydrogen) atoms. The molecule has 0 aliphatic carbocycles. The van der Waals surface area contributed by atoms with Crippen molar-refractivity contribution in [2.24, 2.45) is 0 Å². The van der Waals surface area contributed by atoms with E-state index in [-0.39, 0.29) is 16.4 Å². The summed E-state index contributed by atoms with van der Waals surface area (Å²) < 4.78 is 65.5. The van der Waals surface area contributed by atoms with E-state index in [9.17, 15) is 22.0 Å². The molecule has 9 heteroatoms. The molecule has 5 nitrogen and oxygen atoms in total. The van der Waals surface area contributed by atoms with Crippen LogP contribution in [0.25, 0.3) is 0 Å². The van der Waals surface area contributed by atoms with Crippen LogP contribution in [0.5, 0.6) is 0 Å². The van der Waals surface area contributed by atoms with Crippen LogP contribution >= 0.6 is 20.2 Å². The van der Waals surface area contributed by atoms with Gasteiger partial charge in [-0.05, 0) is 0 Å². The molecule has 194 valence electrons. The van der Waals surface area contributed by atoms with Crippen LogP contribution in [-0.2, 0) is 33.0 Å². The van der Waals surface area contributed by atoms with Crippen LogP contribution < -0.4 is 0 Å². The van der Waals surface area contributed by atoms with E-state index < -0.39 is 48.2 Å². The Morgan fingerprint density at radius 1 is 0.857 bits per heavy atom. The summed E-state index contributed by atoms with van der Waals surface area (Å²) in [5.74, 6) is -1.11. The van der Waals surface area contributed by atoms with Crippen molar-refractivity contribution in [1.82, 2.24) is 0 Å². The SMILES string of the molecule is C=C(C)C(=O)OCC(F)(F)S(=O)(=O)OI(c1ccc(C(C)(C)C)cc1)c1ccc(C(C)(C)C)cc1. The van der Waals surface area contributed by atoms with Gasteiger partial charge in [0.05, 0.1) is 0 Å². The Kier molecular flexibility index (Phi) is 8.93. The molecule has 0 saturated carbocycles. The van der Waals surface area contributed by atoms with E-state index in [1.54, 1.807) is 24.3 Å². The zero-order valence-electron chi connectivity index (χ0n) is 21.1. The van der Waals surface area contributed by atoms with Gasteiger partial charge in [-0.1, -0.05) is 0 Å². The molecule has 0 saturated heterocycles. The maximum atomic E-state index is 14.7. The van der Waals surface area contributed by atoms with Gasteiger partial charge in [0.1, 0.15) is 0 Å². The van der Waals surface area contributed by atoms with Gasteiger partial charge in [-0.25, -0.2) is 0 Å². The van der Waals surface area contributed by atoms with Gasteiger partial charge in [-0.2, -0.15) is 0 Å². The molecule has 0 aliphatic rings. The van der Waals surface area contributed by atoms with Crippen LogP contribution in [0.3, 0.4) is 0 Å².